The summed E-state index contributed by atoms with van der Waals surface area (Å²) in [5.41, 5.74) is 4.18. The number of aromatic amines is 1. The second kappa shape index (κ2) is 13.3. The lowest BCUT2D eigenvalue weighted by Crippen LogP contribution is -2.41. The molecule has 7 nitrogen and oxygen atoms in total. The van der Waals surface area contributed by atoms with Crippen LogP contribution in [0.25, 0.3) is 22.6 Å². The Hall–Kier alpha value is -3.69. The number of imidazole rings is 1. The van der Waals surface area contributed by atoms with Crippen LogP contribution in [0.1, 0.15) is 49.2 Å². The molecule has 0 amide bonds. The van der Waals surface area contributed by atoms with Crippen molar-refractivity contribution in [2.45, 2.75) is 58.1 Å². The van der Waals surface area contributed by atoms with Crippen LogP contribution in [-0.4, -0.2) is 56.4 Å². The molecular formula is C32H37F2N5O2. The zero-order chi connectivity index (χ0) is 28.8. The number of methoxy groups -OCH3 is 1. The molecule has 1 atom stereocenters. The third kappa shape index (κ3) is 7.34. The highest BCUT2D eigenvalue weighted by molar-refractivity contribution is 5.67. The lowest BCUT2D eigenvalue weighted by Gasteiger charge is -2.35. The van der Waals surface area contributed by atoms with Crippen LogP contribution in [0.15, 0.2) is 54.7 Å². The van der Waals surface area contributed by atoms with Crippen molar-refractivity contribution < 1.29 is 18.6 Å². The Labute approximate surface area is 239 Å². The second-order valence-corrected chi connectivity index (χ2v) is 10.8. The van der Waals surface area contributed by atoms with Crippen molar-refractivity contribution in [3.8, 4) is 28.5 Å². The van der Waals surface area contributed by atoms with Gasteiger partial charge in [-0.2, -0.15) is 4.98 Å². The first-order valence-corrected chi connectivity index (χ1v) is 14.3. The van der Waals surface area contributed by atoms with Crippen molar-refractivity contribution in [2.24, 2.45) is 5.92 Å². The first-order chi connectivity index (χ1) is 19.9. The van der Waals surface area contributed by atoms with Crippen LogP contribution in [0, 0.1) is 24.5 Å². The molecule has 41 heavy (non-hydrogen) atoms. The number of aryl methyl sites for hydroxylation is 3. The van der Waals surface area contributed by atoms with Crippen molar-refractivity contribution in [3.63, 3.8) is 0 Å². The number of aliphatic hydroxyl groups is 1. The van der Waals surface area contributed by atoms with Crippen molar-refractivity contribution in [2.75, 3.05) is 20.2 Å². The molecular weight excluding hydrogens is 524 g/mol. The lowest BCUT2D eigenvalue weighted by atomic mass is 9.91. The number of hydrogen-bond donors (Lipinski definition) is 2. The number of ether oxygens (including phenoxy) is 1. The highest BCUT2D eigenvalue weighted by Crippen LogP contribution is 2.29. The quantitative estimate of drug-likeness (QED) is 0.230. The fraction of sp³-hybridized carbons (Fsp3) is 0.406. The van der Waals surface area contributed by atoms with Gasteiger partial charge in [0.15, 0.2) is 0 Å². The summed E-state index contributed by atoms with van der Waals surface area (Å²) in [4.78, 5) is 19.3. The Kier molecular flexibility index (Phi) is 9.36. The normalized spacial score (nSPS) is 15.2. The summed E-state index contributed by atoms with van der Waals surface area (Å²) in [6.45, 7) is 3.67. The van der Waals surface area contributed by atoms with E-state index in [4.69, 9.17) is 9.72 Å². The van der Waals surface area contributed by atoms with E-state index in [0.29, 0.717) is 30.5 Å². The highest BCUT2D eigenvalue weighted by Gasteiger charge is 2.24. The molecule has 216 valence electrons. The maximum absolute atomic E-state index is 13.6. The number of nitrogens with one attached hydrogen (secondary N) is 1. The molecule has 1 fully saturated rings. The first kappa shape index (κ1) is 28.8. The number of likely N-dealkylation sites (tertiary alicyclic amines) is 1. The van der Waals surface area contributed by atoms with Gasteiger partial charge in [0, 0.05) is 48.1 Å². The van der Waals surface area contributed by atoms with E-state index in [1.807, 2.05) is 13.1 Å². The number of rotatable bonds is 11. The van der Waals surface area contributed by atoms with Crippen molar-refractivity contribution >= 4 is 0 Å². The van der Waals surface area contributed by atoms with Gasteiger partial charge in [0.2, 0.25) is 5.88 Å². The molecule has 9 heteroatoms. The van der Waals surface area contributed by atoms with Gasteiger partial charge in [-0.15, -0.1) is 0 Å². The summed E-state index contributed by atoms with van der Waals surface area (Å²) in [6, 6.07) is 12.4. The van der Waals surface area contributed by atoms with Gasteiger partial charge in [0.05, 0.1) is 12.8 Å². The molecule has 1 aliphatic rings. The largest absolute Gasteiger partial charge is 0.481 e. The number of aliphatic hydroxyl groups excluding tert-OH is 1. The standard InChI is InChI=1S/C32H37F2N5O2/c1-21-20-35-28(37-32(21)41-2)15-6-22-16-18-39(19-17-22)29(40)5-3-4-27-30(23-7-11-25(33)12-8-23)38-31(36-27)24-9-13-26(34)14-10-24/h7-14,20,22,29,40H,3-6,15-19H2,1-2H3,(H,36,38). The first-order valence-electron chi connectivity index (χ1n) is 14.3. The Morgan fingerprint density at radius 3 is 2.29 bits per heavy atom. The summed E-state index contributed by atoms with van der Waals surface area (Å²) in [5, 5.41) is 10.9. The van der Waals surface area contributed by atoms with E-state index in [0.717, 1.165) is 79.1 Å². The SMILES string of the molecule is COc1nc(CCC2CCN(C(O)CCCc3[nH]c(-c4ccc(F)cc4)nc3-c3ccc(F)cc3)CC2)ncc1C. The number of H-pyrrole nitrogens is 1. The predicted octanol–water partition coefficient (Wildman–Crippen LogP) is 6.11. The van der Waals surface area contributed by atoms with E-state index in [-0.39, 0.29) is 11.6 Å². The number of halogens is 2. The summed E-state index contributed by atoms with van der Waals surface area (Å²) in [6.07, 6.45) is 7.30. The van der Waals surface area contributed by atoms with Crippen LogP contribution >= 0.6 is 0 Å². The number of aromatic nitrogens is 4. The zero-order valence-corrected chi connectivity index (χ0v) is 23.6. The molecule has 2 N–H and O–H groups in total. The minimum Gasteiger partial charge on any atom is -0.481 e. The molecule has 3 heterocycles. The van der Waals surface area contributed by atoms with Gasteiger partial charge in [0.25, 0.3) is 0 Å². The van der Waals surface area contributed by atoms with Crippen molar-refractivity contribution in [1.29, 1.82) is 0 Å². The van der Waals surface area contributed by atoms with Gasteiger partial charge in [-0.1, -0.05) is 0 Å². The molecule has 0 saturated carbocycles. The minimum atomic E-state index is -0.505. The summed E-state index contributed by atoms with van der Waals surface area (Å²) >= 11 is 0. The predicted molar refractivity (Wildman–Crippen MR) is 154 cm³/mol. The van der Waals surface area contributed by atoms with Gasteiger partial charge < -0.3 is 14.8 Å². The highest BCUT2D eigenvalue weighted by atomic mass is 19.1. The van der Waals surface area contributed by atoms with Crippen LogP contribution < -0.4 is 4.74 Å². The molecule has 2 aromatic heterocycles. The fourth-order valence-electron chi connectivity index (χ4n) is 5.49. The Morgan fingerprint density at radius 1 is 0.976 bits per heavy atom. The van der Waals surface area contributed by atoms with Crippen molar-refractivity contribution in [1.82, 2.24) is 24.8 Å². The van der Waals surface area contributed by atoms with E-state index in [2.05, 4.69) is 19.9 Å². The number of piperidine rings is 1. The molecule has 0 spiro atoms. The Balaban J connectivity index is 1.14. The molecule has 0 aliphatic carbocycles. The number of benzene rings is 2. The molecule has 5 rings (SSSR count). The van der Waals surface area contributed by atoms with Crippen molar-refractivity contribution in [3.05, 3.63) is 83.4 Å². The van der Waals surface area contributed by atoms with Crippen LogP contribution in [0.4, 0.5) is 8.78 Å². The van der Waals surface area contributed by atoms with Gasteiger partial charge in [-0.05, 0) is 99.9 Å². The molecule has 4 aromatic rings. The van der Waals surface area contributed by atoms with Gasteiger partial charge in [-0.3, -0.25) is 4.90 Å². The summed E-state index contributed by atoms with van der Waals surface area (Å²) < 4.78 is 32.3. The average Bonchev–Trinajstić information content (AvgIpc) is 3.41. The maximum atomic E-state index is 13.6. The zero-order valence-electron chi connectivity index (χ0n) is 23.6. The molecule has 1 aliphatic heterocycles. The van der Waals surface area contributed by atoms with E-state index in [1.54, 1.807) is 31.4 Å². The van der Waals surface area contributed by atoms with Crippen LogP contribution in [0.3, 0.4) is 0 Å². The van der Waals surface area contributed by atoms with Crippen LogP contribution in [-0.2, 0) is 12.8 Å². The molecule has 0 bridgehead atoms. The maximum Gasteiger partial charge on any atom is 0.219 e. The lowest BCUT2D eigenvalue weighted by molar-refractivity contribution is -0.0235. The molecule has 0 radical (unpaired) electrons. The van der Waals surface area contributed by atoms with Gasteiger partial charge >= 0.3 is 0 Å². The van der Waals surface area contributed by atoms with E-state index in [1.165, 1.54) is 24.3 Å². The van der Waals surface area contributed by atoms with E-state index >= 15 is 0 Å². The van der Waals surface area contributed by atoms with Crippen LogP contribution in [0.5, 0.6) is 5.88 Å². The minimum absolute atomic E-state index is 0.305. The Bertz CT molecular complexity index is 1420. The topological polar surface area (TPSA) is 87.2 Å². The van der Waals surface area contributed by atoms with Gasteiger partial charge in [-0.25, -0.2) is 18.7 Å². The number of nitrogens with zero attached hydrogens (tertiary/aromatic N) is 4. The second-order valence-electron chi connectivity index (χ2n) is 10.8. The summed E-state index contributed by atoms with van der Waals surface area (Å²) in [5.74, 6) is 2.06. The molecule has 1 unspecified atom stereocenters. The van der Waals surface area contributed by atoms with E-state index in [9.17, 15) is 13.9 Å². The number of hydrogen-bond acceptors (Lipinski definition) is 6. The third-order valence-electron chi connectivity index (χ3n) is 7.92. The van der Waals surface area contributed by atoms with E-state index < -0.39 is 6.23 Å². The average molecular weight is 562 g/mol. The third-order valence-corrected chi connectivity index (χ3v) is 7.92. The van der Waals surface area contributed by atoms with Crippen LogP contribution in [0.2, 0.25) is 0 Å². The van der Waals surface area contributed by atoms with Gasteiger partial charge in [0.1, 0.15) is 29.5 Å². The monoisotopic (exact) mass is 561 g/mol. The fourth-order valence-corrected chi connectivity index (χ4v) is 5.49. The smallest absolute Gasteiger partial charge is 0.219 e. The summed E-state index contributed by atoms with van der Waals surface area (Å²) in [7, 11) is 1.63. The Morgan fingerprint density at radius 2 is 1.63 bits per heavy atom. The molecule has 1 saturated heterocycles. The molecule has 2 aromatic carbocycles.